The largest absolute Gasteiger partial charge is 0.493 e. The van der Waals surface area contributed by atoms with Gasteiger partial charge in [0.25, 0.3) is 0 Å². The molecule has 2 N–H and O–H groups in total. The summed E-state index contributed by atoms with van der Waals surface area (Å²) in [6.07, 6.45) is 2.94. The molecule has 0 aromatic heterocycles. The van der Waals surface area contributed by atoms with E-state index in [-0.39, 0.29) is 0 Å². The van der Waals surface area contributed by atoms with Crippen LogP contribution in [0.3, 0.4) is 0 Å². The van der Waals surface area contributed by atoms with Gasteiger partial charge in [-0.05, 0) is 37.0 Å². The van der Waals surface area contributed by atoms with Gasteiger partial charge in [-0.25, -0.2) is 0 Å². The smallest absolute Gasteiger partial charge is 0.190 e. The average molecular weight is 323 g/mol. The van der Waals surface area contributed by atoms with Crippen LogP contribution in [0.1, 0.15) is 18.4 Å². The molecule has 23 heavy (non-hydrogen) atoms. The van der Waals surface area contributed by atoms with Crippen molar-refractivity contribution >= 4 is 5.96 Å². The number of methoxy groups -OCH3 is 3. The highest BCUT2D eigenvalue weighted by molar-refractivity contribution is 5.79. The van der Waals surface area contributed by atoms with Gasteiger partial charge in [-0.2, -0.15) is 0 Å². The Bertz CT molecular complexity index is 478. The lowest BCUT2D eigenvalue weighted by Crippen LogP contribution is -2.38. The minimum atomic E-state index is 0.753. The number of guanidine groups is 1. The molecule has 0 aliphatic heterocycles. The normalized spacial score (nSPS) is 11.2. The predicted octanol–water partition coefficient (Wildman–Crippen LogP) is 1.84. The molecule has 0 atom stereocenters. The molecule has 130 valence electrons. The Kier molecular flexibility index (Phi) is 9.63. The molecule has 0 aliphatic carbocycles. The summed E-state index contributed by atoms with van der Waals surface area (Å²) in [4.78, 5) is 4.20. The van der Waals surface area contributed by atoms with Crippen LogP contribution in [-0.2, 0) is 11.2 Å². The summed E-state index contributed by atoms with van der Waals surface area (Å²) in [7, 11) is 6.79. The molecule has 1 aromatic rings. The second-order valence-corrected chi connectivity index (χ2v) is 5.07. The Balaban J connectivity index is 2.30. The maximum Gasteiger partial charge on any atom is 0.190 e. The third kappa shape index (κ3) is 7.23. The molecular formula is C17H29N3O3. The lowest BCUT2D eigenvalue weighted by Gasteiger charge is -2.12. The van der Waals surface area contributed by atoms with Gasteiger partial charge in [-0.3, -0.25) is 4.99 Å². The van der Waals surface area contributed by atoms with Crippen molar-refractivity contribution in [3.8, 4) is 11.5 Å². The fraction of sp³-hybridized carbons (Fsp3) is 0.588. The molecule has 1 aromatic carbocycles. The van der Waals surface area contributed by atoms with Crippen molar-refractivity contribution in [1.29, 1.82) is 0 Å². The molecule has 0 unspecified atom stereocenters. The fourth-order valence-corrected chi connectivity index (χ4v) is 2.18. The van der Waals surface area contributed by atoms with E-state index in [0.29, 0.717) is 0 Å². The van der Waals surface area contributed by atoms with Crippen LogP contribution >= 0.6 is 0 Å². The molecule has 0 heterocycles. The number of hydrogen-bond acceptors (Lipinski definition) is 4. The SMILES string of the molecule is CN=C(NCCCOC)NCCCc1ccc(OC)c(OC)c1. The number of nitrogens with one attached hydrogen (secondary N) is 2. The Morgan fingerprint density at radius 1 is 1.00 bits per heavy atom. The van der Waals surface area contributed by atoms with E-state index in [2.05, 4.69) is 21.7 Å². The summed E-state index contributed by atoms with van der Waals surface area (Å²) in [6, 6.07) is 6.04. The highest BCUT2D eigenvalue weighted by atomic mass is 16.5. The van der Waals surface area contributed by atoms with Gasteiger partial charge in [-0.15, -0.1) is 0 Å². The third-order valence-electron chi connectivity index (χ3n) is 3.42. The topological polar surface area (TPSA) is 64.1 Å². The lowest BCUT2D eigenvalue weighted by atomic mass is 10.1. The van der Waals surface area contributed by atoms with E-state index in [0.717, 1.165) is 56.4 Å². The molecule has 0 saturated heterocycles. The van der Waals surface area contributed by atoms with Gasteiger partial charge in [0.1, 0.15) is 0 Å². The zero-order valence-corrected chi connectivity index (χ0v) is 14.6. The van der Waals surface area contributed by atoms with Gasteiger partial charge in [0, 0.05) is 33.9 Å². The van der Waals surface area contributed by atoms with Gasteiger partial charge in [-0.1, -0.05) is 6.07 Å². The first kappa shape index (κ1) is 19.1. The Morgan fingerprint density at radius 3 is 2.30 bits per heavy atom. The second kappa shape index (κ2) is 11.6. The molecule has 0 bridgehead atoms. The van der Waals surface area contributed by atoms with Crippen molar-refractivity contribution in [3.05, 3.63) is 23.8 Å². The molecule has 6 nitrogen and oxygen atoms in total. The van der Waals surface area contributed by atoms with E-state index in [9.17, 15) is 0 Å². The lowest BCUT2D eigenvalue weighted by molar-refractivity contribution is 0.195. The van der Waals surface area contributed by atoms with Crippen LogP contribution in [0.15, 0.2) is 23.2 Å². The van der Waals surface area contributed by atoms with Crippen molar-refractivity contribution in [2.75, 3.05) is 48.1 Å². The zero-order valence-electron chi connectivity index (χ0n) is 14.6. The monoisotopic (exact) mass is 323 g/mol. The number of benzene rings is 1. The number of nitrogens with zero attached hydrogens (tertiary/aromatic N) is 1. The number of ether oxygens (including phenoxy) is 3. The quantitative estimate of drug-likeness (QED) is 0.391. The minimum Gasteiger partial charge on any atom is -0.493 e. The van der Waals surface area contributed by atoms with Gasteiger partial charge < -0.3 is 24.8 Å². The van der Waals surface area contributed by atoms with Crippen molar-refractivity contribution in [3.63, 3.8) is 0 Å². The average Bonchev–Trinajstić information content (AvgIpc) is 2.60. The summed E-state index contributed by atoms with van der Waals surface area (Å²) in [6.45, 7) is 2.46. The molecule has 0 fully saturated rings. The molecule has 0 saturated carbocycles. The van der Waals surface area contributed by atoms with Crippen molar-refractivity contribution in [2.24, 2.45) is 4.99 Å². The Labute approximate surface area is 139 Å². The van der Waals surface area contributed by atoms with E-state index in [1.54, 1.807) is 28.4 Å². The second-order valence-electron chi connectivity index (χ2n) is 5.07. The number of rotatable bonds is 10. The highest BCUT2D eigenvalue weighted by Gasteiger charge is 2.04. The van der Waals surface area contributed by atoms with Gasteiger partial charge in [0.2, 0.25) is 0 Å². The van der Waals surface area contributed by atoms with Crippen LogP contribution in [0.4, 0.5) is 0 Å². The predicted molar refractivity (Wildman–Crippen MR) is 93.7 cm³/mol. The van der Waals surface area contributed by atoms with Crippen molar-refractivity contribution < 1.29 is 14.2 Å². The van der Waals surface area contributed by atoms with Crippen molar-refractivity contribution in [1.82, 2.24) is 10.6 Å². The molecule has 0 radical (unpaired) electrons. The number of aliphatic imine (C=N–C) groups is 1. The van der Waals surface area contributed by atoms with E-state index < -0.39 is 0 Å². The van der Waals surface area contributed by atoms with E-state index in [4.69, 9.17) is 14.2 Å². The standard InChI is InChI=1S/C17H29N3O3/c1-18-17(20-11-6-12-21-2)19-10-5-7-14-8-9-15(22-3)16(13-14)23-4/h8-9,13H,5-7,10-12H2,1-4H3,(H2,18,19,20). The molecule has 0 aliphatic rings. The number of hydrogen-bond donors (Lipinski definition) is 2. The minimum absolute atomic E-state index is 0.753. The summed E-state index contributed by atoms with van der Waals surface area (Å²) in [5, 5.41) is 6.57. The first-order chi connectivity index (χ1) is 11.2. The van der Waals surface area contributed by atoms with Crippen LogP contribution in [0, 0.1) is 0 Å². The summed E-state index contributed by atoms with van der Waals surface area (Å²) in [5.41, 5.74) is 1.23. The molecule has 6 heteroatoms. The number of aryl methyl sites for hydroxylation is 1. The Hall–Kier alpha value is -1.95. The first-order valence-electron chi connectivity index (χ1n) is 7.89. The van der Waals surface area contributed by atoms with Crippen LogP contribution in [0.25, 0.3) is 0 Å². The summed E-state index contributed by atoms with van der Waals surface area (Å²) < 4.78 is 15.6. The van der Waals surface area contributed by atoms with E-state index in [1.807, 2.05) is 12.1 Å². The van der Waals surface area contributed by atoms with Crippen molar-refractivity contribution in [2.45, 2.75) is 19.3 Å². The fourth-order valence-electron chi connectivity index (χ4n) is 2.18. The van der Waals surface area contributed by atoms with E-state index >= 15 is 0 Å². The van der Waals surface area contributed by atoms with E-state index in [1.165, 1.54) is 5.56 Å². The molecule has 0 amide bonds. The zero-order chi connectivity index (χ0) is 16.9. The Morgan fingerprint density at radius 2 is 1.70 bits per heavy atom. The molecule has 0 spiro atoms. The molecule has 1 rings (SSSR count). The maximum atomic E-state index is 5.32. The van der Waals surface area contributed by atoms with Gasteiger partial charge in [0.15, 0.2) is 17.5 Å². The van der Waals surface area contributed by atoms with Gasteiger partial charge in [0.05, 0.1) is 14.2 Å². The van der Waals surface area contributed by atoms with Crippen LogP contribution < -0.4 is 20.1 Å². The summed E-state index contributed by atoms with van der Waals surface area (Å²) in [5.74, 6) is 2.36. The van der Waals surface area contributed by atoms with Crippen LogP contribution in [0.2, 0.25) is 0 Å². The van der Waals surface area contributed by atoms with Crippen LogP contribution in [0.5, 0.6) is 11.5 Å². The molecular weight excluding hydrogens is 294 g/mol. The first-order valence-corrected chi connectivity index (χ1v) is 7.89. The highest BCUT2D eigenvalue weighted by Crippen LogP contribution is 2.27. The third-order valence-corrected chi connectivity index (χ3v) is 3.42. The van der Waals surface area contributed by atoms with Crippen LogP contribution in [-0.4, -0.2) is 54.0 Å². The summed E-state index contributed by atoms with van der Waals surface area (Å²) >= 11 is 0. The van der Waals surface area contributed by atoms with Gasteiger partial charge >= 0.3 is 0 Å². The maximum absolute atomic E-state index is 5.32.